The zero-order valence-electron chi connectivity index (χ0n) is 7.96. The van der Waals surface area contributed by atoms with Gasteiger partial charge in [-0.1, -0.05) is 9.60 Å². The summed E-state index contributed by atoms with van der Waals surface area (Å²) in [4.78, 5) is 13.9. The SMILES string of the molecule is [N-]=[N+]=NCCCCNC(=O)c1csnn1. The van der Waals surface area contributed by atoms with E-state index in [0.29, 0.717) is 18.8 Å². The monoisotopic (exact) mass is 226 g/mol. The van der Waals surface area contributed by atoms with Gasteiger partial charge in [0, 0.05) is 23.4 Å². The lowest BCUT2D eigenvalue weighted by Crippen LogP contribution is -2.24. The zero-order valence-corrected chi connectivity index (χ0v) is 8.77. The van der Waals surface area contributed by atoms with Crippen molar-refractivity contribution >= 4 is 17.4 Å². The van der Waals surface area contributed by atoms with Crippen molar-refractivity contribution in [3.05, 3.63) is 21.5 Å². The molecule has 0 bridgehead atoms. The Kier molecular flexibility index (Phi) is 5.13. The average molecular weight is 226 g/mol. The van der Waals surface area contributed by atoms with E-state index in [1.807, 2.05) is 0 Å². The molecule has 1 amide bonds. The summed E-state index contributed by atoms with van der Waals surface area (Å²) in [6.45, 7) is 1.02. The van der Waals surface area contributed by atoms with Gasteiger partial charge in [0.1, 0.15) is 0 Å². The minimum atomic E-state index is -0.215. The van der Waals surface area contributed by atoms with Gasteiger partial charge in [-0.2, -0.15) is 0 Å². The van der Waals surface area contributed by atoms with Gasteiger partial charge >= 0.3 is 0 Å². The molecule has 0 aliphatic carbocycles. The number of aromatic nitrogens is 2. The quantitative estimate of drug-likeness (QED) is 0.342. The third-order valence-corrected chi connectivity index (χ3v) is 2.13. The molecule has 0 fully saturated rings. The van der Waals surface area contributed by atoms with E-state index in [-0.39, 0.29) is 5.91 Å². The predicted octanol–water partition coefficient (Wildman–Crippen LogP) is 1.36. The van der Waals surface area contributed by atoms with E-state index in [1.54, 1.807) is 5.38 Å². The first-order valence-electron chi connectivity index (χ1n) is 4.40. The minimum absolute atomic E-state index is 0.215. The van der Waals surface area contributed by atoms with Gasteiger partial charge in [-0.25, -0.2) is 0 Å². The van der Waals surface area contributed by atoms with Gasteiger partial charge in [0.15, 0.2) is 5.69 Å². The molecule has 1 N–H and O–H groups in total. The predicted molar refractivity (Wildman–Crippen MR) is 55.5 cm³/mol. The van der Waals surface area contributed by atoms with Crippen molar-refractivity contribution in [3.8, 4) is 0 Å². The first kappa shape index (κ1) is 11.4. The number of amides is 1. The van der Waals surface area contributed by atoms with Crippen LogP contribution in [0.5, 0.6) is 0 Å². The Balaban J connectivity index is 2.10. The van der Waals surface area contributed by atoms with Gasteiger partial charge in [-0.15, -0.1) is 5.10 Å². The van der Waals surface area contributed by atoms with Gasteiger partial charge in [0.2, 0.25) is 0 Å². The van der Waals surface area contributed by atoms with Crippen LogP contribution in [0.4, 0.5) is 0 Å². The Morgan fingerprint density at radius 3 is 3.20 bits per heavy atom. The molecule has 0 radical (unpaired) electrons. The van der Waals surface area contributed by atoms with E-state index in [2.05, 4.69) is 24.9 Å². The summed E-state index contributed by atoms with van der Waals surface area (Å²) in [7, 11) is 0. The molecule has 0 atom stereocenters. The number of nitrogens with one attached hydrogen (secondary N) is 1. The first-order valence-corrected chi connectivity index (χ1v) is 5.24. The van der Waals surface area contributed by atoms with E-state index < -0.39 is 0 Å². The highest BCUT2D eigenvalue weighted by molar-refractivity contribution is 7.03. The molecule has 15 heavy (non-hydrogen) atoms. The molecule has 1 heterocycles. The van der Waals surface area contributed by atoms with Gasteiger partial charge < -0.3 is 5.32 Å². The van der Waals surface area contributed by atoms with Crippen LogP contribution in [0.25, 0.3) is 10.4 Å². The Labute approximate surface area is 90.3 Å². The average Bonchev–Trinajstić information content (AvgIpc) is 2.76. The molecule has 7 nitrogen and oxygen atoms in total. The van der Waals surface area contributed by atoms with Crippen molar-refractivity contribution in [3.63, 3.8) is 0 Å². The van der Waals surface area contributed by atoms with Crippen molar-refractivity contribution in [1.29, 1.82) is 0 Å². The number of carbonyl (C=O) groups is 1. The van der Waals surface area contributed by atoms with Crippen molar-refractivity contribution in [2.45, 2.75) is 12.8 Å². The van der Waals surface area contributed by atoms with E-state index in [0.717, 1.165) is 24.4 Å². The normalized spacial score (nSPS) is 9.33. The number of hydrogen-bond acceptors (Lipinski definition) is 5. The summed E-state index contributed by atoms with van der Waals surface area (Å²) < 4.78 is 3.59. The molecule has 8 heteroatoms. The molecule has 0 unspecified atom stereocenters. The second-order valence-electron chi connectivity index (χ2n) is 2.71. The van der Waals surface area contributed by atoms with Crippen LogP contribution in [-0.2, 0) is 0 Å². The second kappa shape index (κ2) is 6.74. The summed E-state index contributed by atoms with van der Waals surface area (Å²) >= 11 is 1.14. The van der Waals surface area contributed by atoms with Gasteiger partial charge in [-0.05, 0) is 29.9 Å². The highest BCUT2D eigenvalue weighted by atomic mass is 32.1. The van der Waals surface area contributed by atoms with E-state index in [4.69, 9.17) is 5.53 Å². The van der Waals surface area contributed by atoms with Gasteiger partial charge in [0.25, 0.3) is 5.91 Å². The van der Waals surface area contributed by atoms with Crippen molar-refractivity contribution < 1.29 is 4.79 Å². The number of unbranched alkanes of at least 4 members (excludes halogenated alkanes) is 1. The molecule has 0 aliphatic heterocycles. The Hall–Kier alpha value is -1.66. The lowest BCUT2D eigenvalue weighted by molar-refractivity contribution is 0.0948. The van der Waals surface area contributed by atoms with Gasteiger partial charge in [-0.3, -0.25) is 4.79 Å². The number of hydrogen-bond donors (Lipinski definition) is 1. The van der Waals surface area contributed by atoms with Crippen LogP contribution in [0.1, 0.15) is 23.3 Å². The van der Waals surface area contributed by atoms with Crippen molar-refractivity contribution in [2.24, 2.45) is 5.11 Å². The Morgan fingerprint density at radius 2 is 2.53 bits per heavy atom. The highest BCUT2D eigenvalue weighted by Gasteiger charge is 2.06. The first-order chi connectivity index (χ1) is 7.34. The molecule has 1 aromatic heterocycles. The fourth-order valence-corrected chi connectivity index (χ4v) is 1.34. The van der Waals surface area contributed by atoms with Crippen molar-refractivity contribution in [1.82, 2.24) is 14.9 Å². The molecule has 1 aromatic rings. The fourth-order valence-electron chi connectivity index (χ4n) is 0.908. The zero-order chi connectivity index (χ0) is 10.9. The van der Waals surface area contributed by atoms with Crippen LogP contribution in [-0.4, -0.2) is 28.6 Å². The topological polar surface area (TPSA) is 104 Å². The van der Waals surface area contributed by atoms with Crippen LogP contribution in [0, 0.1) is 0 Å². The number of carbonyl (C=O) groups excluding carboxylic acids is 1. The molecule has 0 spiro atoms. The van der Waals surface area contributed by atoms with E-state index in [9.17, 15) is 4.79 Å². The summed E-state index contributed by atoms with van der Waals surface area (Å²) in [5.41, 5.74) is 8.35. The van der Waals surface area contributed by atoms with Crippen LogP contribution < -0.4 is 5.32 Å². The number of rotatable bonds is 6. The van der Waals surface area contributed by atoms with E-state index in [1.165, 1.54) is 0 Å². The maximum Gasteiger partial charge on any atom is 0.272 e. The van der Waals surface area contributed by atoms with Crippen molar-refractivity contribution in [2.75, 3.05) is 13.1 Å². The summed E-state index contributed by atoms with van der Waals surface area (Å²) in [5.74, 6) is -0.215. The minimum Gasteiger partial charge on any atom is -0.351 e. The molecular weight excluding hydrogens is 216 g/mol. The standard InChI is InChI=1S/C7H10N6OS/c8-12-10-4-2-1-3-9-7(14)6-5-15-13-11-6/h5H,1-4H2,(H,9,14). The molecule has 0 saturated carbocycles. The smallest absolute Gasteiger partial charge is 0.272 e. The molecule has 0 aromatic carbocycles. The van der Waals surface area contributed by atoms with Gasteiger partial charge in [0.05, 0.1) is 0 Å². The van der Waals surface area contributed by atoms with Crippen LogP contribution in [0.2, 0.25) is 0 Å². The maximum absolute atomic E-state index is 11.3. The highest BCUT2D eigenvalue weighted by Crippen LogP contribution is 1.96. The number of nitrogens with zero attached hydrogens (tertiary/aromatic N) is 5. The number of azide groups is 1. The summed E-state index contributed by atoms with van der Waals surface area (Å²) in [5, 5.41) is 11.3. The third-order valence-electron chi connectivity index (χ3n) is 1.63. The fraction of sp³-hybridized carbons (Fsp3) is 0.571. The molecule has 80 valence electrons. The lowest BCUT2D eigenvalue weighted by atomic mass is 10.3. The maximum atomic E-state index is 11.3. The lowest BCUT2D eigenvalue weighted by Gasteiger charge is -2.00. The second-order valence-corrected chi connectivity index (χ2v) is 3.32. The molecule has 1 rings (SSSR count). The molecular formula is C7H10N6OS. The third kappa shape index (κ3) is 4.39. The van der Waals surface area contributed by atoms with Crippen LogP contribution >= 0.6 is 11.5 Å². The summed E-state index contributed by atoms with van der Waals surface area (Å²) in [6.07, 6.45) is 1.54. The van der Waals surface area contributed by atoms with Crippen LogP contribution in [0.15, 0.2) is 10.5 Å². The van der Waals surface area contributed by atoms with E-state index >= 15 is 0 Å². The van der Waals surface area contributed by atoms with Crippen LogP contribution in [0.3, 0.4) is 0 Å². The molecule has 0 saturated heterocycles. The molecule has 0 aliphatic rings. The summed E-state index contributed by atoms with van der Waals surface area (Å²) in [6, 6.07) is 0. The Morgan fingerprint density at radius 1 is 1.67 bits per heavy atom. The largest absolute Gasteiger partial charge is 0.351 e. The Bertz CT molecular complexity index is 344.